The van der Waals surface area contributed by atoms with Crippen LogP contribution in [0.5, 0.6) is 0 Å². The van der Waals surface area contributed by atoms with Gasteiger partial charge in [0, 0.05) is 0 Å². The number of hydrogen-bond donors (Lipinski definition) is 0. The molecule has 1 rings (SSSR count). The molecule has 0 aromatic rings. The van der Waals surface area contributed by atoms with Gasteiger partial charge in [0.05, 0.1) is 0 Å². The van der Waals surface area contributed by atoms with Crippen LogP contribution in [0.25, 0.3) is 0 Å². The number of allylic oxidation sites excluding steroid dienone is 4. The number of hydrogen-bond acceptors (Lipinski definition) is 0. The Morgan fingerprint density at radius 2 is 1.11 bits per heavy atom. The van der Waals surface area contributed by atoms with E-state index in [1.807, 2.05) is 13.8 Å². The average molecular weight is 252 g/mol. The number of rotatable bonds is 2. The molecule has 0 amide bonds. The van der Waals surface area contributed by atoms with Gasteiger partial charge in [-0.1, -0.05) is 77.7 Å². The molecule has 0 heterocycles. The standard InChI is InChI=1S/C8H16.2C5H10/c1-7-5-3-4-6-8(7)2;2*1-3-5-4-2/h7-8H,3-6H2,1-2H3;2*3,5H,4H2,1-2H3. The molecule has 0 nitrogen and oxygen atoms in total. The molecular weight excluding hydrogens is 216 g/mol. The van der Waals surface area contributed by atoms with Crippen molar-refractivity contribution >= 4 is 0 Å². The van der Waals surface area contributed by atoms with E-state index in [0.717, 1.165) is 24.7 Å². The summed E-state index contributed by atoms with van der Waals surface area (Å²) in [5, 5.41) is 0. The second-order valence-corrected chi connectivity index (χ2v) is 5.19. The van der Waals surface area contributed by atoms with Gasteiger partial charge in [-0.15, -0.1) is 0 Å². The average Bonchev–Trinajstić information content (AvgIpc) is 2.37. The van der Waals surface area contributed by atoms with E-state index in [0.29, 0.717) is 0 Å². The van der Waals surface area contributed by atoms with Gasteiger partial charge in [0.1, 0.15) is 0 Å². The summed E-state index contributed by atoms with van der Waals surface area (Å²) in [6.07, 6.45) is 16.6. The lowest BCUT2D eigenvalue weighted by Gasteiger charge is -2.24. The van der Waals surface area contributed by atoms with Crippen molar-refractivity contribution in [3.63, 3.8) is 0 Å². The first kappa shape index (κ1) is 19.8. The predicted molar refractivity (Wildman–Crippen MR) is 87.0 cm³/mol. The van der Waals surface area contributed by atoms with Crippen LogP contribution in [-0.2, 0) is 0 Å². The van der Waals surface area contributed by atoms with Gasteiger partial charge in [0.25, 0.3) is 0 Å². The largest absolute Gasteiger partial charge is 0.0917 e. The van der Waals surface area contributed by atoms with Gasteiger partial charge in [-0.25, -0.2) is 0 Å². The summed E-state index contributed by atoms with van der Waals surface area (Å²) < 4.78 is 0. The van der Waals surface area contributed by atoms with Crippen LogP contribution in [0.3, 0.4) is 0 Å². The van der Waals surface area contributed by atoms with Gasteiger partial charge in [-0.05, 0) is 38.5 Å². The van der Waals surface area contributed by atoms with Crippen LogP contribution in [0, 0.1) is 11.8 Å². The lowest BCUT2D eigenvalue weighted by molar-refractivity contribution is 0.277. The fourth-order valence-electron chi connectivity index (χ4n) is 1.97. The van der Waals surface area contributed by atoms with E-state index in [4.69, 9.17) is 0 Å². The normalized spacial score (nSPS) is 23.2. The minimum absolute atomic E-state index is 1.00. The van der Waals surface area contributed by atoms with Crippen molar-refractivity contribution < 1.29 is 0 Å². The lowest BCUT2D eigenvalue weighted by Crippen LogP contribution is -2.12. The van der Waals surface area contributed by atoms with Crippen molar-refractivity contribution in [3.05, 3.63) is 24.3 Å². The second kappa shape index (κ2) is 16.5. The van der Waals surface area contributed by atoms with E-state index in [-0.39, 0.29) is 0 Å². The van der Waals surface area contributed by atoms with Crippen molar-refractivity contribution in [3.8, 4) is 0 Å². The first-order valence-electron chi connectivity index (χ1n) is 7.86. The Bertz CT molecular complexity index is 166. The van der Waals surface area contributed by atoms with E-state index < -0.39 is 0 Å². The Morgan fingerprint density at radius 1 is 0.778 bits per heavy atom. The molecule has 0 aliphatic heterocycles. The van der Waals surface area contributed by atoms with Gasteiger partial charge in [-0.3, -0.25) is 0 Å². The topological polar surface area (TPSA) is 0 Å². The van der Waals surface area contributed by atoms with Crippen LogP contribution in [0.15, 0.2) is 24.3 Å². The predicted octanol–water partition coefficient (Wildman–Crippen LogP) is 6.78. The van der Waals surface area contributed by atoms with E-state index >= 15 is 0 Å². The van der Waals surface area contributed by atoms with Crippen LogP contribution in [0.1, 0.15) is 80.1 Å². The summed E-state index contributed by atoms with van der Waals surface area (Å²) in [4.78, 5) is 0. The van der Waals surface area contributed by atoms with Crippen molar-refractivity contribution in [2.75, 3.05) is 0 Å². The Morgan fingerprint density at radius 3 is 1.22 bits per heavy atom. The fourth-order valence-corrected chi connectivity index (χ4v) is 1.97. The smallest absolute Gasteiger partial charge is 0.0379 e. The highest BCUT2D eigenvalue weighted by molar-refractivity contribution is 4.74. The maximum Gasteiger partial charge on any atom is -0.0379 e. The molecular formula is C18H36. The Kier molecular flexibility index (Phi) is 18.1. The molecule has 0 aromatic carbocycles. The molecule has 108 valence electrons. The second-order valence-electron chi connectivity index (χ2n) is 5.19. The Labute approximate surface area is 117 Å². The van der Waals surface area contributed by atoms with E-state index in [9.17, 15) is 0 Å². The third-order valence-electron chi connectivity index (χ3n) is 3.48. The molecule has 2 unspecified atom stereocenters. The molecule has 0 heteroatoms. The maximum atomic E-state index is 2.38. The van der Waals surface area contributed by atoms with Gasteiger partial charge >= 0.3 is 0 Å². The van der Waals surface area contributed by atoms with Crippen molar-refractivity contribution in [1.29, 1.82) is 0 Å². The van der Waals surface area contributed by atoms with Crippen LogP contribution in [-0.4, -0.2) is 0 Å². The fraction of sp³-hybridized carbons (Fsp3) is 0.778. The molecule has 0 N–H and O–H groups in total. The van der Waals surface area contributed by atoms with Crippen LogP contribution < -0.4 is 0 Å². The quantitative estimate of drug-likeness (QED) is 0.475. The highest BCUT2D eigenvalue weighted by Crippen LogP contribution is 2.28. The lowest BCUT2D eigenvalue weighted by atomic mass is 9.82. The minimum Gasteiger partial charge on any atom is -0.0917 e. The molecule has 1 aliphatic rings. The molecule has 1 fully saturated rings. The van der Waals surface area contributed by atoms with Crippen LogP contribution >= 0.6 is 0 Å². The molecule has 1 saturated carbocycles. The highest BCUT2D eigenvalue weighted by atomic mass is 14.2. The van der Waals surface area contributed by atoms with E-state index in [1.165, 1.54) is 25.7 Å². The summed E-state index contributed by atoms with van der Waals surface area (Å²) in [5.41, 5.74) is 0. The zero-order chi connectivity index (χ0) is 14.2. The minimum atomic E-state index is 1.00. The molecule has 18 heavy (non-hydrogen) atoms. The zero-order valence-electron chi connectivity index (χ0n) is 13.7. The van der Waals surface area contributed by atoms with Crippen molar-refractivity contribution in [2.45, 2.75) is 80.1 Å². The monoisotopic (exact) mass is 252 g/mol. The van der Waals surface area contributed by atoms with Gasteiger partial charge in [0.2, 0.25) is 0 Å². The molecule has 0 radical (unpaired) electrons. The van der Waals surface area contributed by atoms with Crippen LogP contribution in [0.2, 0.25) is 0 Å². The Balaban J connectivity index is 0. The summed E-state index contributed by atoms with van der Waals surface area (Å²) in [6, 6.07) is 0. The summed E-state index contributed by atoms with van der Waals surface area (Å²) in [7, 11) is 0. The van der Waals surface area contributed by atoms with E-state index in [1.54, 1.807) is 0 Å². The molecule has 0 saturated heterocycles. The SMILES string of the molecule is CC1CCCCC1C.CC=CCC.CC=CCC. The highest BCUT2D eigenvalue weighted by Gasteiger charge is 2.15. The van der Waals surface area contributed by atoms with Gasteiger partial charge in [0.15, 0.2) is 0 Å². The zero-order valence-corrected chi connectivity index (χ0v) is 13.7. The summed E-state index contributed by atoms with van der Waals surface area (Å²) >= 11 is 0. The molecule has 2 atom stereocenters. The summed E-state index contributed by atoms with van der Waals surface area (Å²) in [6.45, 7) is 13.1. The van der Waals surface area contributed by atoms with Gasteiger partial charge < -0.3 is 0 Å². The molecule has 0 bridgehead atoms. The van der Waals surface area contributed by atoms with Crippen LogP contribution in [0.4, 0.5) is 0 Å². The summed E-state index contributed by atoms with van der Waals surface area (Å²) in [5.74, 6) is 2.01. The van der Waals surface area contributed by atoms with E-state index in [2.05, 4.69) is 52.0 Å². The van der Waals surface area contributed by atoms with Crippen molar-refractivity contribution in [1.82, 2.24) is 0 Å². The molecule has 1 aliphatic carbocycles. The van der Waals surface area contributed by atoms with Gasteiger partial charge in [-0.2, -0.15) is 0 Å². The Hall–Kier alpha value is -0.520. The maximum absolute atomic E-state index is 2.38. The first-order chi connectivity index (χ1) is 8.63. The molecule has 0 aromatic heterocycles. The first-order valence-corrected chi connectivity index (χ1v) is 7.86. The third kappa shape index (κ3) is 15.5. The van der Waals surface area contributed by atoms with Crippen molar-refractivity contribution in [2.24, 2.45) is 11.8 Å². The molecule has 0 spiro atoms. The third-order valence-corrected chi connectivity index (χ3v) is 3.48.